The molecule has 0 radical (unpaired) electrons. The number of allylic oxidation sites excluding steroid dienone is 2. The van der Waals surface area contributed by atoms with E-state index in [4.69, 9.17) is 0 Å². The molecule has 1 nitrogen and oxygen atoms in total. The smallest absolute Gasteiger partial charge is 0.159 e. The molecule has 0 spiro atoms. The van der Waals surface area contributed by atoms with E-state index in [-0.39, 0.29) is 5.78 Å². The van der Waals surface area contributed by atoms with Crippen LogP contribution in [0.2, 0.25) is 0 Å². The Morgan fingerprint density at radius 1 is 0.886 bits per heavy atom. The summed E-state index contributed by atoms with van der Waals surface area (Å²) in [6.07, 6.45) is 8.90. The maximum absolute atomic E-state index is 12.1. The van der Waals surface area contributed by atoms with Crippen LogP contribution in [-0.4, -0.2) is 5.78 Å². The van der Waals surface area contributed by atoms with Crippen LogP contribution >= 0.6 is 0 Å². The van der Waals surface area contributed by atoms with Crippen LogP contribution < -0.4 is 0 Å². The highest BCUT2D eigenvalue weighted by Crippen LogP contribution is 2.41. The van der Waals surface area contributed by atoms with Gasteiger partial charge in [-0.2, -0.15) is 0 Å². The topological polar surface area (TPSA) is 17.1 Å². The first-order valence-corrected chi connectivity index (χ1v) is 13.2. The summed E-state index contributed by atoms with van der Waals surface area (Å²) in [6, 6.07) is 22.2. The van der Waals surface area contributed by atoms with Gasteiger partial charge in [-0.1, -0.05) is 92.1 Å². The average Bonchev–Trinajstić information content (AvgIpc) is 3.03. The van der Waals surface area contributed by atoms with Crippen LogP contribution in [0.25, 0.3) is 17.2 Å². The standard InChI is InChI=1S/C34H38O/c1-6-9-26(7-2)21-27-13-15-28(16-14-27)34-32-19-17-29(25(5)35)22-30(32)10-8-11-33(34)31-18-12-23(3)20-24(31)4/h12-22H,6-11H2,1-5H3/b26-21+. The van der Waals surface area contributed by atoms with Crippen LogP contribution in [0.5, 0.6) is 0 Å². The second-order valence-electron chi connectivity index (χ2n) is 9.98. The molecule has 0 fully saturated rings. The third-order valence-electron chi connectivity index (χ3n) is 7.26. The second-order valence-corrected chi connectivity index (χ2v) is 9.98. The summed E-state index contributed by atoms with van der Waals surface area (Å²) < 4.78 is 0. The van der Waals surface area contributed by atoms with E-state index in [9.17, 15) is 4.79 Å². The number of carbonyl (C=O) groups is 1. The van der Waals surface area contributed by atoms with E-state index in [1.54, 1.807) is 6.92 Å². The van der Waals surface area contributed by atoms with E-state index in [1.165, 1.54) is 62.1 Å². The fourth-order valence-corrected chi connectivity index (χ4v) is 5.41. The van der Waals surface area contributed by atoms with Crippen molar-refractivity contribution in [1.29, 1.82) is 0 Å². The Labute approximate surface area is 211 Å². The maximum Gasteiger partial charge on any atom is 0.159 e. The van der Waals surface area contributed by atoms with Crippen molar-refractivity contribution in [3.8, 4) is 0 Å². The van der Waals surface area contributed by atoms with Gasteiger partial charge in [-0.05, 0) is 103 Å². The molecule has 1 aliphatic rings. The van der Waals surface area contributed by atoms with Gasteiger partial charge in [0, 0.05) is 5.56 Å². The molecule has 0 atom stereocenters. The van der Waals surface area contributed by atoms with Crippen LogP contribution in [0.4, 0.5) is 0 Å². The number of fused-ring (bicyclic) bond motifs is 1. The van der Waals surface area contributed by atoms with Crippen LogP contribution in [-0.2, 0) is 6.42 Å². The number of aryl methyl sites for hydroxylation is 3. The molecule has 0 saturated heterocycles. The number of carbonyl (C=O) groups excluding carboxylic acids is 1. The van der Waals surface area contributed by atoms with Gasteiger partial charge in [0.2, 0.25) is 0 Å². The van der Waals surface area contributed by atoms with Crippen LogP contribution in [0.15, 0.2) is 66.2 Å². The first-order chi connectivity index (χ1) is 16.9. The maximum atomic E-state index is 12.1. The molecule has 0 unspecified atom stereocenters. The van der Waals surface area contributed by atoms with Crippen molar-refractivity contribution in [3.63, 3.8) is 0 Å². The van der Waals surface area contributed by atoms with Gasteiger partial charge in [0.05, 0.1) is 0 Å². The molecule has 0 aromatic heterocycles. The van der Waals surface area contributed by atoms with E-state index in [2.05, 4.69) is 88.4 Å². The minimum absolute atomic E-state index is 0.132. The lowest BCUT2D eigenvalue weighted by atomic mass is 9.85. The summed E-state index contributed by atoms with van der Waals surface area (Å²) in [5.74, 6) is 0.132. The van der Waals surface area contributed by atoms with Crippen molar-refractivity contribution in [1.82, 2.24) is 0 Å². The van der Waals surface area contributed by atoms with Gasteiger partial charge in [-0.15, -0.1) is 0 Å². The molecular formula is C34H38O. The van der Waals surface area contributed by atoms with Crippen molar-refractivity contribution in [2.45, 2.75) is 73.1 Å². The molecule has 35 heavy (non-hydrogen) atoms. The van der Waals surface area contributed by atoms with Gasteiger partial charge in [-0.25, -0.2) is 0 Å². The van der Waals surface area contributed by atoms with Crippen molar-refractivity contribution in [3.05, 3.63) is 111 Å². The highest BCUT2D eigenvalue weighted by atomic mass is 16.1. The van der Waals surface area contributed by atoms with Crippen molar-refractivity contribution in [2.24, 2.45) is 0 Å². The zero-order valence-electron chi connectivity index (χ0n) is 22.0. The molecule has 0 saturated carbocycles. The Bertz CT molecular complexity index is 1280. The van der Waals surface area contributed by atoms with Crippen molar-refractivity contribution < 1.29 is 4.79 Å². The number of Topliss-reactive ketones (excluding diaryl/α,β-unsaturated/α-hetero) is 1. The van der Waals surface area contributed by atoms with E-state index in [0.29, 0.717) is 0 Å². The minimum Gasteiger partial charge on any atom is -0.295 e. The number of hydrogen-bond acceptors (Lipinski definition) is 1. The van der Waals surface area contributed by atoms with Gasteiger partial charge in [-0.3, -0.25) is 4.79 Å². The predicted octanol–water partition coefficient (Wildman–Crippen LogP) is 9.39. The normalized spacial score (nSPS) is 14.0. The molecule has 1 heteroatoms. The Morgan fingerprint density at radius 3 is 2.29 bits per heavy atom. The van der Waals surface area contributed by atoms with Crippen molar-refractivity contribution >= 4 is 23.0 Å². The Balaban J connectivity index is 1.90. The zero-order valence-corrected chi connectivity index (χ0v) is 22.0. The quantitative estimate of drug-likeness (QED) is 0.320. The summed E-state index contributed by atoms with van der Waals surface area (Å²) >= 11 is 0. The Hall–Kier alpha value is -3.19. The van der Waals surface area contributed by atoms with Gasteiger partial charge in [0.25, 0.3) is 0 Å². The molecule has 180 valence electrons. The Kier molecular flexibility index (Phi) is 7.86. The molecule has 0 amide bonds. The Morgan fingerprint density at radius 2 is 1.63 bits per heavy atom. The third-order valence-corrected chi connectivity index (χ3v) is 7.26. The summed E-state index contributed by atoms with van der Waals surface area (Å²) in [5, 5.41) is 0. The van der Waals surface area contributed by atoms with Crippen molar-refractivity contribution in [2.75, 3.05) is 0 Å². The van der Waals surface area contributed by atoms with E-state index in [0.717, 1.165) is 37.7 Å². The van der Waals surface area contributed by atoms with E-state index >= 15 is 0 Å². The van der Waals surface area contributed by atoms with Gasteiger partial charge in [0.15, 0.2) is 5.78 Å². The predicted molar refractivity (Wildman–Crippen MR) is 151 cm³/mol. The third kappa shape index (κ3) is 5.56. The molecule has 0 bridgehead atoms. The van der Waals surface area contributed by atoms with E-state index in [1.807, 2.05) is 6.07 Å². The number of benzene rings is 3. The van der Waals surface area contributed by atoms with Gasteiger partial charge < -0.3 is 0 Å². The lowest BCUT2D eigenvalue weighted by Crippen LogP contribution is -2.00. The molecular weight excluding hydrogens is 424 g/mol. The molecule has 4 rings (SSSR count). The fourth-order valence-electron chi connectivity index (χ4n) is 5.41. The molecule has 0 heterocycles. The number of rotatable bonds is 7. The largest absolute Gasteiger partial charge is 0.295 e. The monoisotopic (exact) mass is 462 g/mol. The summed E-state index contributed by atoms with van der Waals surface area (Å²) in [7, 11) is 0. The first-order valence-electron chi connectivity index (χ1n) is 13.2. The SMILES string of the molecule is CCC/C(=C/c1ccc(C2=C(c3ccc(C)cc3C)CCCc3cc(C(C)=O)ccc32)cc1)CC. The summed E-state index contributed by atoms with van der Waals surface area (Å²) in [5.41, 5.74) is 14.1. The summed E-state index contributed by atoms with van der Waals surface area (Å²) in [6.45, 7) is 10.5. The minimum atomic E-state index is 0.132. The fraction of sp³-hybridized carbons (Fsp3) is 0.324. The zero-order chi connectivity index (χ0) is 24.9. The average molecular weight is 463 g/mol. The lowest BCUT2D eigenvalue weighted by molar-refractivity contribution is 0.101. The van der Waals surface area contributed by atoms with Gasteiger partial charge >= 0.3 is 0 Å². The lowest BCUT2D eigenvalue weighted by Gasteiger charge is -2.19. The molecule has 0 aliphatic heterocycles. The molecule has 3 aromatic rings. The molecule has 1 aliphatic carbocycles. The molecule has 0 N–H and O–H groups in total. The highest BCUT2D eigenvalue weighted by Gasteiger charge is 2.22. The van der Waals surface area contributed by atoms with Crippen LogP contribution in [0.1, 0.15) is 102 Å². The van der Waals surface area contributed by atoms with Crippen LogP contribution in [0.3, 0.4) is 0 Å². The molecule has 3 aromatic carbocycles. The number of ketones is 1. The second kappa shape index (κ2) is 11.0. The first kappa shape index (κ1) is 24.9. The number of hydrogen-bond donors (Lipinski definition) is 0. The van der Waals surface area contributed by atoms with E-state index < -0.39 is 0 Å². The van der Waals surface area contributed by atoms with Gasteiger partial charge in [0.1, 0.15) is 0 Å². The summed E-state index contributed by atoms with van der Waals surface area (Å²) in [4.78, 5) is 12.1. The van der Waals surface area contributed by atoms with Crippen LogP contribution in [0, 0.1) is 13.8 Å². The highest BCUT2D eigenvalue weighted by molar-refractivity contribution is 6.01.